The topological polar surface area (TPSA) is 12.0 Å². The van der Waals surface area contributed by atoms with Gasteiger partial charge >= 0.3 is 0 Å². The zero-order valence-corrected chi connectivity index (χ0v) is 14.2. The monoisotopic (exact) mass is 311 g/mol. The fourth-order valence-corrected chi connectivity index (χ4v) is 3.46. The molecule has 2 rings (SSSR count). The second kappa shape index (κ2) is 6.66. The highest BCUT2D eigenvalue weighted by Crippen LogP contribution is 2.39. The van der Waals surface area contributed by atoms with Crippen LogP contribution in [-0.4, -0.2) is 12.1 Å². The zero-order chi connectivity index (χ0) is 15.5. The number of halogens is 2. The lowest BCUT2D eigenvalue weighted by molar-refractivity contribution is 0.165. The van der Waals surface area contributed by atoms with Crippen molar-refractivity contribution >= 4 is 11.6 Å². The molecule has 0 amide bonds. The second-order valence-electron chi connectivity index (χ2n) is 7.59. The Hall–Kier alpha value is -0.600. The van der Waals surface area contributed by atoms with Gasteiger partial charge in [-0.25, -0.2) is 4.39 Å². The number of hydrogen-bond donors (Lipinski definition) is 1. The predicted molar refractivity (Wildman–Crippen MR) is 88.4 cm³/mol. The first-order valence-corrected chi connectivity index (χ1v) is 8.37. The van der Waals surface area contributed by atoms with Crippen LogP contribution in [0.3, 0.4) is 0 Å². The van der Waals surface area contributed by atoms with E-state index >= 15 is 0 Å². The van der Waals surface area contributed by atoms with Gasteiger partial charge < -0.3 is 5.32 Å². The van der Waals surface area contributed by atoms with Gasteiger partial charge in [-0.2, -0.15) is 0 Å². The molecule has 1 aromatic rings. The number of rotatable bonds is 4. The van der Waals surface area contributed by atoms with Crippen molar-refractivity contribution in [2.75, 3.05) is 6.54 Å². The molecule has 0 saturated heterocycles. The summed E-state index contributed by atoms with van der Waals surface area (Å²) in [6.45, 7) is 7.64. The fourth-order valence-electron chi connectivity index (χ4n) is 3.25. The van der Waals surface area contributed by atoms with Gasteiger partial charge in [0.1, 0.15) is 5.82 Å². The summed E-state index contributed by atoms with van der Waals surface area (Å²) in [5.41, 5.74) is 1.57. The molecule has 1 saturated carbocycles. The van der Waals surface area contributed by atoms with E-state index < -0.39 is 0 Å². The summed E-state index contributed by atoms with van der Waals surface area (Å²) >= 11 is 5.94. The summed E-state index contributed by atoms with van der Waals surface area (Å²) in [6.07, 6.45) is 7.38. The van der Waals surface area contributed by atoms with Crippen LogP contribution in [0.15, 0.2) is 18.2 Å². The first-order valence-electron chi connectivity index (χ1n) is 7.99. The highest BCUT2D eigenvalue weighted by Gasteiger charge is 2.33. The number of nitrogens with one attached hydrogen (secondary N) is 1. The Kier molecular flexibility index (Phi) is 5.32. The minimum Gasteiger partial charge on any atom is -0.312 e. The Bertz CT molecular complexity index is 473. The third-order valence-electron chi connectivity index (χ3n) is 4.47. The summed E-state index contributed by atoms with van der Waals surface area (Å²) in [5, 5.41) is 3.91. The second-order valence-corrected chi connectivity index (χ2v) is 8.00. The van der Waals surface area contributed by atoms with Gasteiger partial charge in [0.2, 0.25) is 0 Å². The summed E-state index contributed by atoms with van der Waals surface area (Å²) in [6, 6.07) is 5.17. The smallest absolute Gasteiger partial charge is 0.141 e. The van der Waals surface area contributed by atoms with Crippen LogP contribution in [0.1, 0.15) is 58.4 Å². The summed E-state index contributed by atoms with van der Waals surface area (Å²) < 4.78 is 13.3. The maximum absolute atomic E-state index is 13.3. The number of hydrogen-bond acceptors (Lipinski definition) is 1. The molecule has 3 heteroatoms. The quantitative estimate of drug-likeness (QED) is 0.789. The minimum atomic E-state index is -0.328. The van der Waals surface area contributed by atoms with E-state index in [2.05, 4.69) is 26.1 Å². The van der Waals surface area contributed by atoms with Crippen molar-refractivity contribution in [2.24, 2.45) is 5.41 Å². The van der Waals surface area contributed by atoms with E-state index in [1.165, 1.54) is 38.2 Å². The fraction of sp³-hybridized carbons (Fsp3) is 0.667. The lowest BCUT2D eigenvalue weighted by Crippen LogP contribution is -2.45. The molecule has 0 unspecified atom stereocenters. The lowest BCUT2D eigenvalue weighted by atomic mass is 9.70. The summed E-state index contributed by atoms with van der Waals surface area (Å²) in [4.78, 5) is 0. The maximum atomic E-state index is 13.3. The Morgan fingerprint density at radius 1 is 1.19 bits per heavy atom. The van der Waals surface area contributed by atoms with E-state index in [1.807, 2.05) is 6.07 Å². The van der Waals surface area contributed by atoms with Crippen molar-refractivity contribution in [1.29, 1.82) is 0 Å². The molecule has 0 heterocycles. The average molecular weight is 312 g/mol. The molecule has 0 radical (unpaired) electrons. The molecule has 1 nitrogen and oxygen atoms in total. The van der Waals surface area contributed by atoms with E-state index in [9.17, 15) is 4.39 Å². The van der Waals surface area contributed by atoms with E-state index in [1.54, 1.807) is 6.07 Å². The standard InChI is InChI=1S/C18H27ClFN/c1-17(2,3)21-13-18(9-5-4-6-10-18)12-14-7-8-16(20)15(19)11-14/h7-8,11,21H,4-6,9-10,12-13H2,1-3H3. The third-order valence-corrected chi connectivity index (χ3v) is 4.76. The molecule has 1 aliphatic rings. The predicted octanol–water partition coefficient (Wildman–Crippen LogP) is 5.36. The molecule has 1 aliphatic carbocycles. The first kappa shape index (κ1) is 16.8. The van der Waals surface area contributed by atoms with Gasteiger partial charge in [-0.05, 0) is 63.1 Å². The maximum Gasteiger partial charge on any atom is 0.141 e. The van der Waals surface area contributed by atoms with Gasteiger partial charge in [-0.1, -0.05) is 36.9 Å². The van der Waals surface area contributed by atoms with E-state index in [4.69, 9.17) is 11.6 Å². The molecular weight excluding hydrogens is 285 g/mol. The average Bonchev–Trinajstić information content (AvgIpc) is 2.41. The molecule has 0 bridgehead atoms. The zero-order valence-electron chi connectivity index (χ0n) is 13.4. The van der Waals surface area contributed by atoms with Crippen molar-refractivity contribution in [3.05, 3.63) is 34.6 Å². The molecule has 1 N–H and O–H groups in total. The van der Waals surface area contributed by atoms with Gasteiger partial charge in [0.15, 0.2) is 0 Å². The minimum absolute atomic E-state index is 0.130. The van der Waals surface area contributed by atoms with Crippen LogP contribution in [0.4, 0.5) is 4.39 Å². The molecule has 21 heavy (non-hydrogen) atoms. The van der Waals surface area contributed by atoms with Crippen molar-refractivity contribution in [2.45, 2.75) is 64.8 Å². The molecular formula is C18H27ClFN. The van der Waals surface area contributed by atoms with Crippen LogP contribution in [0, 0.1) is 11.2 Å². The molecule has 1 aromatic carbocycles. The van der Waals surface area contributed by atoms with Crippen LogP contribution in [-0.2, 0) is 6.42 Å². The summed E-state index contributed by atoms with van der Waals surface area (Å²) in [7, 11) is 0. The Labute approximate surface area is 133 Å². The van der Waals surface area contributed by atoms with Crippen LogP contribution in [0.25, 0.3) is 0 Å². The lowest BCUT2D eigenvalue weighted by Gasteiger charge is -2.40. The van der Waals surface area contributed by atoms with E-state index in [-0.39, 0.29) is 21.8 Å². The van der Waals surface area contributed by atoms with Crippen LogP contribution in [0.5, 0.6) is 0 Å². The van der Waals surface area contributed by atoms with Crippen LogP contribution < -0.4 is 5.32 Å². The van der Waals surface area contributed by atoms with Gasteiger partial charge in [0.05, 0.1) is 5.02 Å². The molecule has 0 aliphatic heterocycles. The van der Waals surface area contributed by atoms with Crippen LogP contribution in [0.2, 0.25) is 5.02 Å². The van der Waals surface area contributed by atoms with Gasteiger partial charge in [0, 0.05) is 12.1 Å². The Morgan fingerprint density at radius 3 is 2.43 bits per heavy atom. The Morgan fingerprint density at radius 2 is 1.86 bits per heavy atom. The molecule has 0 aromatic heterocycles. The van der Waals surface area contributed by atoms with Crippen molar-refractivity contribution < 1.29 is 4.39 Å². The van der Waals surface area contributed by atoms with Crippen molar-refractivity contribution in [3.63, 3.8) is 0 Å². The SMILES string of the molecule is CC(C)(C)NCC1(Cc2ccc(F)c(Cl)c2)CCCCC1. The summed E-state index contributed by atoms with van der Waals surface area (Å²) in [5.74, 6) is -0.328. The highest BCUT2D eigenvalue weighted by atomic mass is 35.5. The van der Waals surface area contributed by atoms with Crippen molar-refractivity contribution in [3.8, 4) is 0 Å². The first-order chi connectivity index (χ1) is 9.80. The van der Waals surface area contributed by atoms with Gasteiger partial charge in [0.25, 0.3) is 0 Å². The van der Waals surface area contributed by atoms with Crippen LogP contribution >= 0.6 is 11.6 Å². The van der Waals surface area contributed by atoms with Gasteiger partial charge in [-0.15, -0.1) is 0 Å². The van der Waals surface area contributed by atoms with E-state index in [0.717, 1.165) is 18.5 Å². The van der Waals surface area contributed by atoms with Crippen molar-refractivity contribution in [1.82, 2.24) is 5.32 Å². The number of benzene rings is 1. The molecule has 118 valence electrons. The molecule has 0 atom stereocenters. The molecule has 0 spiro atoms. The largest absolute Gasteiger partial charge is 0.312 e. The van der Waals surface area contributed by atoms with Gasteiger partial charge in [-0.3, -0.25) is 0 Å². The highest BCUT2D eigenvalue weighted by molar-refractivity contribution is 6.30. The molecule has 1 fully saturated rings. The Balaban J connectivity index is 2.13. The van der Waals surface area contributed by atoms with E-state index in [0.29, 0.717) is 0 Å². The third kappa shape index (κ3) is 4.96. The normalized spacial score (nSPS) is 18.7.